The van der Waals surface area contributed by atoms with Crippen LogP contribution in [0.2, 0.25) is 5.02 Å². The van der Waals surface area contributed by atoms with Crippen LogP contribution < -0.4 is 5.32 Å². The van der Waals surface area contributed by atoms with E-state index in [0.717, 1.165) is 31.2 Å². The molecule has 1 amide bonds. The Hall–Kier alpha value is -2.40. The van der Waals surface area contributed by atoms with Crippen LogP contribution in [0.5, 0.6) is 0 Å². The fourth-order valence-electron chi connectivity index (χ4n) is 3.74. The van der Waals surface area contributed by atoms with Gasteiger partial charge in [0.2, 0.25) is 5.91 Å². The van der Waals surface area contributed by atoms with Crippen LogP contribution in [0.4, 0.5) is 5.69 Å². The number of non-ortho nitro benzene ring substituents is 1. The van der Waals surface area contributed by atoms with E-state index in [-0.39, 0.29) is 17.6 Å². The number of hydrogen-bond acceptors (Lipinski definition) is 3. The Kier molecular flexibility index (Phi) is 5.28. The van der Waals surface area contributed by atoms with E-state index in [2.05, 4.69) is 5.32 Å². The quantitative estimate of drug-likeness (QED) is 0.597. The predicted octanol–water partition coefficient (Wildman–Crippen LogP) is 4.94. The van der Waals surface area contributed by atoms with E-state index in [1.165, 1.54) is 12.1 Å². The lowest BCUT2D eigenvalue weighted by Crippen LogP contribution is -2.43. The van der Waals surface area contributed by atoms with Gasteiger partial charge in [0.1, 0.15) is 0 Å². The molecule has 1 saturated carbocycles. The molecule has 3 rings (SSSR count). The van der Waals surface area contributed by atoms with E-state index in [1.807, 2.05) is 25.1 Å². The number of halogens is 1. The highest BCUT2D eigenvalue weighted by Gasteiger charge is 2.43. The Labute approximate surface area is 157 Å². The lowest BCUT2D eigenvalue weighted by molar-refractivity contribution is -0.384. The number of hydrogen-bond donors (Lipinski definition) is 1. The lowest BCUT2D eigenvalue weighted by Gasteiger charge is -2.30. The first kappa shape index (κ1) is 18.4. The van der Waals surface area contributed by atoms with Crippen LogP contribution in [-0.2, 0) is 10.2 Å². The zero-order valence-electron chi connectivity index (χ0n) is 14.6. The van der Waals surface area contributed by atoms with E-state index in [4.69, 9.17) is 11.6 Å². The maximum Gasteiger partial charge on any atom is 0.269 e. The van der Waals surface area contributed by atoms with Gasteiger partial charge in [-0.25, -0.2) is 0 Å². The summed E-state index contributed by atoms with van der Waals surface area (Å²) >= 11 is 6.14. The number of nitro groups is 1. The van der Waals surface area contributed by atoms with Crippen molar-refractivity contribution in [1.82, 2.24) is 5.32 Å². The van der Waals surface area contributed by atoms with Crippen LogP contribution in [0, 0.1) is 10.1 Å². The summed E-state index contributed by atoms with van der Waals surface area (Å²) in [7, 11) is 0. The summed E-state index contributed by atoms with van der Waals surface area (Å²) in [5.41, 5.74) is 1.09. The number of rotatable bonds is 5. The Bertz CT molecular complexity index is 831. The van der Waals surface area contributed by atoms with Crippen LogP contribution in [0.25, 0.3) is 0 Å². The van der Waals surface area contributed by atoms with Gasteiger partial charge in [0.05, 0.1) is 16.4 Å². The van der Waals surface area contributed by atoms with Gasteiger partial charge in [-0.3, -0.25) is 14.9 Å². The van der Waals surface area contributed by atoms with Crippen LogP contribution >= 0.6 is 11.6 Å². The largest absolute Gasteiger partial charge is 0.349 e. The Morgan fingerprint density at radius 3 is 2.54 bits per heavy atom. The highest BCUT2D eigenvalue weighted by molar-refractivity contribution is 6.30. The summed E-state index contributed by atoms with van der Waals surface area (Å²) in [6, 6.07) is 13.6. The molecule has 26 heavy (non-hydrogen) atoms. The summed E-state index contributed by atoms with van der Waals surface area (Å²) < 4.78 is 0. The van der Waals surface area contributed by atoms with Gasteiger partial charge in [0.15, 0.2) is 0 Å². The normalized spacial score (nSPS) is 16.8. The SMILES string of the molecule is CC(NC(=O)C1(c2cccc(Cl)c2)CCCC1)c1cccc([N+](=O)[O-])c1. The third-order valence-corrected chi connectivity index (χ3v) is 5.43. The second-order valence-electron chi connectivity index (χ2n) is 6.85. The van der Waals surface area contributed by atoms with Crippen molar-refractivity contribution in [2.75, 3.05) is 0 Å². The first-order valence-corrected chi connectivity index (χ1v) is 9.11. The molecule has 1 unspecified atom stereocenters. The predicted molar refractivity (Wildman–Crippen MR) is 101 cm³/mol. The maximum atomic E-state index is 13.2. The number of nitrogens with one attached hydrogen (secondary N) is 1. The Balaban J connectivity index is 1.85. The van der Waals surface area contributed by atoms with Crippen molar-refractivity contribution in [1.29, 1.82) is 0 Å². The number of carbonyl (C=O) groups is 1. The third kappa shape index (κ3) is 3.58. The maximum absolute atomic E-state index is 13.2. The second kappa shape index (κ2) is 7.46. The molecule has 136 valence electrons. The molecule has 0 aromatic heterocycles. The van der Waals surface area contributed by atoms with E-state index in [9.17, 15) is 14.9 Å². The number of carbonyl (C=O) groups excluding carboxylic acids is 1. The molecule has 0 spiro atoms. The van der Waals surface area contributed by atoms with Crippen molar-refractivity contribution in [3.63, 3.8) is 0 Å². The smallest absolute Gasteiger partial charge is 0.269 e. The van der Waals surface area contributed by atoms with E-state index in [0.29, 0.717) is 10.6 Å². The molecule has 2 aromatic rings. The number of nitro benzene ring substituents is 1. The molecule has 0 heterocycles. The summed E-state index contributed by atoms with van der Waals surface area (Å²) in [6.07, 6.45) is 3.54. The fourth-order valence-corrected chi connectivity index (χ4v) is 3.93. The van der Waals surface area contributed by atoms with Crippen LogP contribution in [0.3, 0.4) is 0 Å². The van der Waals surface area contributed by atoms with Gasteiger partial charge in [0.25, 0.3) is 5.69 Å². The molecule has 1 atom stereocenters. The van der Waals surface area contributed by atoms with Gasteiger partial charge in [-0.1, -0.05) is 48.7 Å². The second-order valence-corrected chi connectivity index (χ2v) is 7.28. The van der Waals surface area contributed by atoms with Crippen molar-refractivity contribution in [2.45, 2.75) is 44.1 Å². The minimum Gasteiger partial charge on any atom is -0.349 e. The first-order valence-electron chi connectivity index (χ1n) is 8.74. The first-order chi connectivity index (χ1) is 12.4. The molecule has 6 heteroatoms. The van der Waals surface area contributed by atoms with E-state index in [1.54, 1.807) is 18.2 Å². The van der Waals surface area contributed by atoms with Crippen LogP contribution in [0.1, 0.15) is 49.8 Å². The topological polar surface area (TPSA) is 72.2 Å². The Morgan fingerprint density at radius 2 is 1.88 bits per heavy atom. The highest BCUT2D eigenvalue weighted by atomic mass is 35.5. The van der Waals surface area contributed by atoms with Gasteiger partial charge in [-0.15, -0.1) is 0 Å². The van der Waals surface area contributed by atoms with Crippen molar-refractivity contribution in [3.05, 3.63) is 74.8 Å². The average Bonchev–Trinajstić information content (AvgIpc) is 3.13. The molecule has 1 fully saturated rings. The van der Waals surface area contributed by atoms with Crippen molar-refractivity contribution in [2.24, 2.45) is 0 Å². The zero-order valence-corrected chi connectivity index (χ0v) is 15.3. The molecule has 1 N–H and O–H groups in total. The van der Waals surface area contributed by atoms with E-state index >= 15 is 0 Å². The number of benzene rings is 2. The molecule has 0 radical (unpaired) electrons. The highest BCUT2D eigenvalue weighted by Crippen LogP contribution is 2.42. The molecule has 2 aromatic carbocycles. The molecule has 1 aliphatic rings. The molecule has 0 bridgehead atoms. The summed E-state index contributed by atoms with van der Waals surface area (Å²) in [5.74, 6) is -0.0451. The van der Waals surface area contributed by atoms with E-state index < -0.39 is 10.3 Å². The van der Waals surface area contributed by atoms with Crippen LogP contribution in [0.15, 0.2) is 48.5 Å². The third-order valence-electron chi connectivity index (χ3n) is 5.20. The van der Waals surface area contributed by atoms with Crippen molar-refractivity contribution >= 4 is 23.2 Å². The number of nitrogens with zero attached hydrogens (tertiary/aromatic N) is 1. The standard InChI is InChI=1S/C20H21ClN2O3/c1-14(15-6-4-9-18(12-15)23(25)26)22-19(24)20(10-2-3-11-20)16-7-5-8-17(21)13-16/h4-9,12-14H,2-3,10-11H2,1H3,(H,22,24). The molecular weight excluding hydrogens is 352 g/mol. The molecule has 0 saturated heterocycles. The van der Waals surface area contributed by atoms with Gasteiger partial charge in [-0.05, 0) is 43.0 Å². The van der Waals surface area contributed by atoms with Gasteiger partial charge in [0, 0.05) is 17.2 Å². The fraction of sp³-hybridized carbons (Fsp3) is 0.350. The molecule has 1 aliphatic carbocycles. The monoisotopic (exact) mass is 372 g/mol. The minimum atomic E-state index is -0.583. The van der Waals surface area contributed by atoms with Gasteiger partial charge < -0.3 is 5.32 Å². The lowest BCUT2D eigenvalue weighted by atomic mass is 9.77. The average molecular weight is 373 g/mol. The molecule has 0 aliphatic heterocycles. The van der Waals surface area contributed by atoms with Crippen molar-refractivity contribution < 1.29 is 9.72 Å². The molecule has 5 nitrogen and oxygen atoms in total. The van der Waals surface area contributed by atoms with Crippen LogP contribution in [-0.4, -0.2) is 10.8 Å². The zero-order chi connectivity index (χ0) is 18.7. The summed E-state index contributed by atoms with van der Waals surface area (Å²) in [4.78, 5) is 23.7. The summed E-state index contributed by atoms with van der Waals surface area (Å²) in [5, 5.41) is 14.7. The van der Waals surface area contributed by atoms with Gasteiger partial charge in [-0.2, -0.15) is 0 Å². The van der Waals surface area contributed by atoms with Gasteiger partial charge >= 0.3 is 0 Å². The molecular formula is C20H21ClN2O3. The summed E-state index contributed by atoms with van der Waals surface area (Å²) in [6.45, 7) is 1.84. The number of amides is 1. The minimum absolute atomic E-state index is 0.0222. The Morgan fingerprint density at radius 1 is 1.19 bits per heavy atom. The van der Waals surface area contributed by atoms with Crippen molar-refractivity contribution in [3.8, 4) is 0 Å².